The van der Waals surface area contributed by atoms with E-state index in [2.05, 4.69) is 5.32 Å². The summed E-state index contributed by atoms with van der Waals surface area (Å²) in [6.07, 6.45) is 3.10. The molecule has 0 aromatic heterocycles. The van der Waals surface area contributed by atoms with Crippen LogP contribution in [0.15, 0.2) is 48.5 Å². The molecule has 0 bridgehead atoms. The monoisotopic (exact) mass is 564 g/mol. The number of benzene rings is 2. The summed E-state index contributed by atoms with van der Waals surface area (Å²) in [5.41, 5.74) is 10.6. The van der Waals surface area contributed by atoms with Crippen LogP contribution in [0.1, 0.15) is 38.7 Å². The van der Waals surface area contributed by atoms with Crippen molar-refractivity contribution in [3.8, 4) is 17.2 Å². The molecular formula is C26H36N4O8S. The first kappa shape index (κ1) is 31.4. The highest BCUT2D eigenvalue weighted by atomic mass is 32.2. The van der Waals surface area contributed by atoms with Crippen molar-refractivity contribution in [3.63, 3.8) is 0 Å². The summed E-state index contributed by atoms with van der Waals surface area (Å²) < 4.78 is 43.7. The Morgan fingerprint density at radius 3 is 2.36 bits per heavy atom. The zero-order valence-electron chi connectivity index (χ0n) is 22.3. The minimum Gasteiger partial charge on any atom is -0.493 e. The van der Waals surface area contributed by atoms with Crippen LogP contribution in [0.25, 0.3) is 0 Å². The van der Waals surface area contributed by atoms with Crippen molar-refractivity contribution in [2.75, 3.05) is 19.4 Å². The standard InChI is InChI=1S/C26H36N4O8S/c1-26(2,24(32)36-23(31)22(27)10-5-15-30-25(28)29)37-19-13-11-18(12-14-19)7-6-16-35-20-8-4-9-21(17-20)38-39(3,33)34/h4,8-9,11-14,17,22H,5-7,10,15-16,27H2,1-3H3,(H4,28,29,30)/t22-/m0/s1. The molecule has 2 rings (SSSR count). The van der Waals surface area contributed by atoms with Crippen molar-refractivity contribution in [1.29, 1.82) is 5.41 Å². The summed E-state index contributed by atoms with van der Waals surface area (Å²) >= 11 is 0. The lowest BCUT2D eigenvalue weighted by Crippen LogP contribution is -2.44. The lowest BCUT2D eigenvalue weighted by molar-refractivity contribution is -0.170. The highest BCUT2D eigenvalue weighted by Gasteiger charge is 2.34. The molecule has 0 saturated heterocycles. The summed E-state index contributed by atoms with van der Waals surface area (Å²) in [7, 11) is -3.61. The van der Waals surface area contributed by atoms with E-state index in [4.69, 9.17) is 35.3 Å². The highest BCUT2D eigenvalue weighted by Crippen LogP contribution is 2.22. The average molecular weight is 565 g/mol. The van der Waals surface area contributed by atoms with Crippen LogP contribution < -0.4 is 30.4 Å². The van der Waals surface area contributed by atoms with Gasteiger partial charge in [0.05, 0.1) is 12.9 Å². The zero-order valence-corrected chi connectivity index (χ0v) is 23.1. The molecule has 13 heteroatoms. The van der Waals surface area contributed by atoms with Crippen LogP contribution >= 0.6 is 0 Å². The van der Waals surface area contributed by atoms with Gasteiger partial charge >= 0.3 is 22.1 Å². The van der Waals surface area contributed by atoms with Crippen molar-refractivity contribution < 1.29 is 36.4 Å². The van der Waals surface area contributed by atoms with Gasteiger partial charge in [0.15, 0.2) is 5.96 Å². The number of carbonyl (C=O) groups excluding carboxylic acids is 2. The SMILES string of the molecule is CC(C)(Oc1ccc(CCCOc2cccc(OS(C)(=O)=O)c2)cc1)C(=O)OC(=O)[C@@H](N)CCCNC(=N)N. The van der Waals surface area contributed by atoms with Gasteiger partial charge in [-0.3, -0.25) is 5.41 Å². The minimum atomic E-state index is -3.61. The Morgan fingerprint density at radius 1 is 1.05 bits per heavy atom. The summed E-state index contributed by atoms with van der Waals surface area (Å²) in [6, 6.07) is 12.5. The number of esters is 2. The molecule has 0 aliphatic rings. The lowest BCUT2D eigenvalue weighted by atomic mass is 10.1. The number of nitrogens with two attached hydrogens (primary N) is 2. The van der Waals surface area contributed by atoms with Crippen molar-refractivity contribution in [2.45, 2.75) is 51.2 Å². The molecule has 1 atom stereocenters. The van der Waals surface area contributed by atoms with Gasteiger partial charge in [0, 0.05) is 12.6 Å². The maximum Gasteiger partial charge on any atom is 0.357 e. The molecule has 0 aliphatic carbocycles. The molecule has 0 amide bonds. The molecule has 39 heavy (non-hydrogen) atoms. The molecule has 0 saturated carbocycles. The number of ether oxygens (including phenoxy) is 3. The minimum absolute atomic E-state index is 0.176. The Hall–Kier alpha value is -3.84. The van der Waals surface area contributed by atoms with E-state index >= 15 is 0 Å². The Morgan fingerprint density at radius 2 is 1.72 bits per heavy atom. The summed E-state index contributed by atoms with van der Waals surface area (Å²) in [5.74, 6) is -0.790. The van der Waals surface area contributed by atoms with Crippen molar-refractivity contribution in [2.24, 2.45) is 11.5 Å². The molecule has 0 heterocycles. The van der Waals surface area contributed by atoms with Gasteiger partial charge in [0.25, 0.3) is 0 Å². The van der Waals surface area contributed by atoms with Gasteiger partial charge in [-0.05, 0) is 69.4 Å². The number of carbonyl (C=O) groups is 2. The van der Waals surface area contributed by atoms with Crippen LogP contribution in [-0.2, 0) is 30.9 Å². The largest absolute Gasteiger partial charge is 0.493 e. The third-order valence-corrected chi connectivity index (χ3v) is 5.72. The number of guanidine groups is 1. The fourth-order valence-corrected chi connectivity index (χ4v) is 3.72. The molecule has 12 nitrogen and oxygen atoms in total. The summed E-state index contributed by atoms with van der Waals surface area (Å²) in [4.78, 5) is 24.7. The van der Waals surface area contributed by atoms with E-state index in [-0.39, 0.29) is 18.1 Å². The maximum absolute atomic E-state index is 12.5. The van der Waals surface area contributed by atoms with E-state index in [9.17, 15) is 18.0 Å². The molecule has 0 radical (unpaired) electrons. The molecule has 0 spiro atoms. The first-order valence-electron chi connectivity index (χ1n) is 12.2. The Kier molecular flexibility index (Phi) is 11.5. The summed E-state index contributed by atoms with van der Waals surface area (Å²) in [6.45, 7) is 3.76. The van der Waals surface area contributed by atoms with E-state index in [1.807, 2.05) is 12.1 Å². The number of hydrogen-bond donors (Lipinski definition) is 4. The number of hydrogen-bond acceptors (Lipinski definition) is 10. The Balaban J connectivity index is 1.78. The quantitative estimate of drug-likeness (QED) is 0.0616. The van der Waals surface area contributed by atoms with E-state index in [1.54, 1.807) is 24.3 Å². The molecule has 2 aromatic carbocycles. The predicted octanol–water partition coefficient (Wildman–Crippen LogP) is 1.85. The second-order valence-corrected chi connectivity index (χ2v) is 10.8. The second-order valence-electron chi connectivity index (χ2n) is 9.27. The van der Waals surface area contributed by atoms with Crippen molar-refractivity contribution in [3.05, 3.63) is 54.1 Å². The van der Waals surface area contributed by atoms with E-state index < -0.39 is 33.7 Å². The molecule has 6 N–H and O–H groups in total. The van der Waals surface area contributed by atoms with Crippen LogP contribution in [0.4, 0.5) is 0 Å². The lowest BCUT2D eigenvalue weighted by Gasteiger charge is -2.24. The van der Waals surface area contributed by atoms with Crippen LogP contribution in [-0.4, -0.2) is 57.4 Å². The predicted molar refractivity (Wildman–Crippen MR) is 145 cm³/mol. The maximum atomic E-state index is 12.5. The fourth-order valence-electron chi connectivity index (χ4n) is 3.27. The Labute approximate surface area is 228 Å². The van der Waals surface area contributed by atoms with Crippen molar-refractivity contribution in [1.82, 2.24) is 5.32 Å². The normalized spacial score (nSPS) is 12.2. The van der Waals surface area contributed by atoms with Gasteiger partial charge in [-0.1, -0.05) is 18.2 Å². The Bertz CT molecular complexity index is 1230. The number of nitrogens with one attached hydrogen (secondary N) is 2. The van der Waals surface area contributed by atoms with Gasteiger partial charge in [-0.25, -0.2) is 9.59 Å². The smallest absolute Gasteiger partial charge is 0.357 e. The first-order valence-corrected chi connectivity index (χ1v) is 14.1. The molecule has 0 aliphatic heterocycles. The molecule has 214 valence electrons. The second kappa shape index (κ2) is 14.4. The molecule has 0 unspecified atom stereocenters. The van der Waals surface area contributed by atoms with Crippen LogP contribution in [0.3, 0.4) is 0 Å². The van der Waals surface area contributed by atoms with Gasteiger partial charge in [-0.15, -0.1) is 0 Å². The molecule has 2 aromatic rings. The molecule has 0 fully saturated rings. The molecular weight excluding hydrogens is 528 g/mol. The van der Waals surface area contributed by atoms with E-state index in [0.717, 1.165) is 11.8 Å². The first-order chi connectivity index (χ1) is 18.2. The van der Waals surface area contributed by atoms with Gasteiger partial charge in [0.1, 0.15) is 23.3 Å². The van der Waals surface area contributed by atoms with Gasteiger partial charge < -0.3 is 35.2 Å². The van der Waals surface area contributed by atoms with Gasteiger partial charge in [-0.2, -0.15) is 8.42 Å². The average Bonchev–Trinajstić information content (AvgIpc) is 2.84. The third kappa shape index (κ3) is 12.0. The topological polar surface area (TPSA) is 193 Å². The van der Waals surface area contributed by atoms with Crippen molar-refractivity contribution >= 4 is 28.0 Å². The highest BCUT2D eigenvalue weighted by molar-refractivity contribution is 7.86. The van der Waals surface area contributed by atoms with Crippen LogP contribution in [0.5, 0.6) is 17.2 Å². The van der Waals surface area contributed by atoms with E-state index in [0.29, 0.717) is 43.9 Å². The van der Waals surface area contributed by atoms with Crippen LogP contribution in [0, 0.1) is 5.41 Å². The fraction of sp³-hybridized carbons (Fsp3) is 0.423. The third-order valence-electron chi connectivity index (χ3n) is 5.22. The zero-order chi connectivity index (χ0) is 29.1. The number of aryl methyl sites for hydroxylation is 1. The van der Waals surface area contributed by atoms with Crippen LogP contribution in [0.2, 0.25) is 0 Å². The van der Waals surface area contributed by atoms with E-state index in [1.165, 1.54) is 26.0 Å². The number of rotatable bonds is 15. The summed E-state index contributed by atoms with van der Waals surface area (Å²) in [5, 5.41) is 9.69. The van der Waals surface area contributed by atoms with Gasteiger partial charge in [0.2, 0.25) is 5.60 Å².